The van der Waals surface area contributed by atoms with E-state index in [0.717, 1.165) is 16.5 Å². The van der Waals surface area contributed by atoms with Crippen molar-refractivity contribution < 1.29 is 9.59 Å². The van der Waals surface area contributed by atoms with Crippen molar-refractivity contribution in [3.8, 4) is 0 Å². The summed E-state index contributed by atoms with van der Waals surface area (Å²) in [5.74, 6) is -0.156. The number of para-hydroxylation sites is 1. The van der Waals surface area contributed by atoms with Gasteiger partial charge in [0.1, 0.15) is 0 Å². The molecule has 24 heavy (non-hydrogen) atoms. The van der Waals surface area contributed by atoms with Gasteiger partial charge in [0.25, 0.3) is 0 Å². The van der Waals surface area contributed by atoms with Crippen molar-refractivity contribution in [2.75, 3.05) is 10.6 Å². The van der Waals surface area contributed by atoms with Gasteiger partial charge in [0, 0.05) is 34.9 Å². The molecule has 0 aliphatic heterocycles. The van der Waals surface area contributed by atoms with E-state index in [1.165, 1.54) is 0 Å². The van der Waals surface area contributed by atoms with Gasteiger partial charge in [-0.05, 0) is 29.8 Å². The predicted octanol–water partition coefficient (Wildman–Crippen LogP) is 3.70. The lowest BCUT2D eigenvalue weighted by Gasteiger charge is -2.08. The van der Waals surface area contributed by atoms with Crippen molar-refractivity contribution in [3.05, 3.63) is 60.3 Å². The number of amides is 2. The average Bonchev–Trinajstić information content (AvgIpc) is 2.98. The van der Waals surface area contributed by atoms with Crippen LogP contribution in [0.25, 0.3) is 10.9 Å². The van der Waals surface area contributed by atoms with Crippen LogP contribution in [0.1, 0.15) is 18.9 Å². The van der Waals surface area contributed by atoms with E-state index in [4.69, 9.17) is 0 Å². The Hall–Kier alpha value is -3.08. The molecule has 1 heterocycles. The lowest BCUT2D eigenvalue weighted by Crippen LogP contribution is -2.15. The molecule has 5 heteroatoms. The van der Waals surface area contributed by atoms with Crippen molar-refractivity contribution in [2.45, 2.75) is 19.8 Å². The van der Waals surface area contributed by atoms with E-state index < -0.39 is 0 Å². The van der Waals surface area contributed by atoms with Crippen molar-refractivity contribution in [2.24, 2.45) is 0 Å². The molecule has 3 aromatic rings. The van der Waals surface area contributed by atoms with E-state index in [1.54, 1.807) is 31.2 Å². The minimum absolute atomic E-state index is 0.0581. The second-order valence-electron chi connectivity index (χ2n) is 5.57. The number of anilines is 2. The Kier molecular flexibility index (Phi) is 4.61. The second kappa shape index (κ2) is 7.00. The lowest BCUT2D eigenvalue weighted by atomic mass is 10.1. The molecule has 0 saturated heterocycles. The minimum Gasteiger partial charge on any atom is -0.361 e. The van der Waals surface area contributed by atoms with Crippen LogP contribution in [0.15, 0.2) is 54.7 Å². The zero-order valence-electron chi connectivity index (χ0n) is 13.4. The highest BCUT2D eigenvalue weighted by atomic mass is 16.2. The van der Waals surface area contributed by atoms with Crippen LogP contribution < -0.4 is 10.6 Å². The number of hydrogen-bond acceptors (Lipinski definition) is 2. The fourth-order valence-electron chi connectivity index (χ4n) is 2.58. The maximum atomic E-state index is 12.3. The van der Waals surface area contributed by atoms with Gasteiger partial charge in [-0.1, -0.05) is 31.2 Å². The molecule has 0 spiro atoms. The van der Waals surface area contributed by atoms with E-state index in [0.29, 0.717) is 17.8 Å². The predicted molar refractivity (Wildman–Crippen MR) is 96.0 cm³/mol. The monoisotopic (exact) mass is 321 g/mol. The first kappa shape index (κ1) is 15.8. The van der Waals surface area contributed by atoms with E-state index in [-0.39, 0.29) is 18.2 Å². The first-order valence-electron chi connectivity index (χ1n) is 7.90. The molecule has 0 unspecified atom stereocenters. The van der Waals surface area contributed by atoms with Gasteiger partial charge in [-0.3, -0.25) is 9.59 Å². The summed E-state index contributed by atoms with van der Waals surface area (Å²) in [7, 11) is 0. The Morgan fingerprint density at radius 3 is 2.42 bits per heavy atom. The Bertz CT molecular complexity index is 883. The molecule has 0 radical (unpaired) electrons. The van der Waals surface area contributed by atoms with Crippen LogP contribution in [0.4, 0.5) is 11.4 Å². The Labute approximate surface area is 140 Å². The summed E-state index contributed by atoms with van der Waals surface area (Å²) in [5.41, 5.74) is 3.31. The molecule has 0 bridgehead atoms. The number of carbonyl (C=O) groups is 2. The standard InChI is InChI=1S/C19H19N3O2/c1-2-18(23)21-14-6-5-7-15(11-14)22-19(24)10-13-12-20-17-9-4-3-8-16(13)17/h3-9,11-12,20H,2,10H2,1H3,(H,21,23)(H,22,24). The Morgan fingerprint density at radius 1 is 0.958 bits per heavy atom. The third kappa shape index (κ3) is 3.63. The van der Waals surface area contributed by atoms with E-state index in [1.807, 2.05) is 30.5 Å². The number of aromatic amines is 1. The summed E-state index contributed by atoms with van der Waals surface area (Å²) in [6.45, 7) is 1.79. The van der Waals surface area contributed by atoms with Crippen LogP contribution in [0.5, 0.6) is 0 Å². The van der Waals surface area contributed by atoms with Crippen molar-refractivity contribution in [1.29, 1.82) is 0 Å². The van der Waals surface area contributed by atoms with Crippen molar-refractivity contribution >= 4 is 34.1 Å². The second-order valence-corrected chi connectivity index (χ2v) is 5.57. The number of H-pyrrole nitrogens is 1. The highest BCUT2D eigenvalue weighted by Crippen LogP contribution is 2.19. The Morgan fingerprint density at radius 2 is 1.67 bits per heavy atom. The molecular weight excluding hydrogens is 302 g/mol. The number of rotatable bonds is 5. The summed E-state index contributed by atoms with van der Waals surface area (Å²) in [6.07, 6.45) is 2.56. The van der Waals surface area contributed by atoms with Gasteiger partial charge in [0.2, 0.25) is 11.8 Å². The van der Waals surface area contributed by atoms with Gasteiger partial charge in [-0.2, -0.15) is 0 Å². The molecule has 0 aliphatic rings. The normalized spacial score (nSPS) is 10.5. The minimum atomic E-state index is -0.0984. The summed E-state index contributed by atoms with van der Waals surface area (Å²) in [5, 5.41) is 6.70. The number of carbonyl (C=O) groups excluding carboxylic acids is 2. The largest absolute Gasteiger partial charge is 0.361 e. The van der Waals surface area contributed by atoms with Gasteiger partial charge < -0.3 is 15.6 Å². The van der Waals surface area contributed by atoms with E-state index >= 15 is 0 Å². The van der Waals surface area contributed by atoms with Gasteiger partial charge in [0.15, 0.2) is 0 Å². The quantitative estimate of drug-likeness (QED) is 0.670. The summed E-state index contributed by atoms with van der Waals surface area (Å²) in [6, 6.07) is 15.0. The van der Waals surface area contributed by atoms with Gasteiger partial charge in [-0.25, -0.2) is 0 Å². The zero-order chi connectivity index (χ0) is 16.9. The smallest absolute Gasteiger partial charge is 0.228 e. The summed E-state index contributed by atoms with van der Waals surface area (Å²) < 4.78 is 0. The molecule has 5 nitrogen and oxygen atoms in total. The fraction of sp³-hybridized carbons (Fsp3) is 0.158. The molecule has 3 N–H and O–H groups in total. The average molecular weight is 321 g/mol. The first-order chi connectivity index (χ1) is 11.7. The number of hydrogen-bond donors (Lipinski definition) is 3. The molecule has 0 fully saturated rings. The molecule has 0 saturated carbocycles. The Balaban J connectivity index is 1.68. The molecule has 122 valence electrons. The van der Waals surface area contributed by atoms with Gasteiger partial charge >= 0.3 is 0 Å². The number of nitrogens with one attached hydrogen (secondary N) is 3. The van der Waals surface area contributed by atoms with E-state index in [9.17, 15) is 9.59 Å². The molecule has 3 rings (SSSR count). The molecule has 2 aromatic carbocycles. The number of aromatic nitrogens is 1. The van der Waals surface area contributed by atoms with Crippen LogP contribution in [-0.4, -0.2) is 16.8 Å². The SMILES string of the molecule is CCC(=O)Nc1cccc(NC(=O)Cc2c[nH]c3ccccc23)c1. The maximum Gasteiger partial charge on any atom is 0.228 e. The fourth-order valence-corrected chi connectivity index (χ4v) is 2.58. The van der Waals surface area contributed by atoms with Crippen LogP contribution in [-0.2, 0) is 16.0 Å². The van der Waals surface area contributed by atoms with Crippen LogP contribution >= 0.6 is 0 Å². The number of fused-ring (bicyclic) bond motifs is 1. The highest BCUT2D eigenvalue weighted by molar-refractivity contribution is 5.97. The van der Waals surface area contributed by atoms with Crippen LogP contribution in [0, 0.1) is 0 Å². The first-order valence-corrected chi connectivity index (χ1v) is 7.90. The maximum absolute atomic E-state index is 12.3. The van der Waals surface area contributed by atoms with Crippen molar-refractivity contribution in [3.63, 3.8) is 0 Å². The van der Waals surface area contributed by atoms with Gasteiger partial charge in [-0.15, -0.1) is 0 Å². The van der Waals surface area contributed by atoms with Crippen LogP contribution in [0.2, 0.25) is 0 Å². The molecule has 1 aromatic heterocycles. The topological polar surface area (TPSA) is 74.0 Å². The van der Waals surface area contributed by atoms with Crippen molar-refractivity contribution in [1.82, 2.24) is 4.98 Å². The van der Waals surface area contributed by atoms with Gasteiger partial charge in [0.05, 0.1) is 6.42 Å². The molecular formula is C19H19N3O2. The zero-order valence-corrected chi connectivity index (χ0v) is 13.4. The summed E-state index contributed by atoms with van der Waals surface area (Å²) in [4.78, 5) is 26.9. The third-order valence-corrected chi connectivity index (χ3v) is 3.78. The van der Waals surface area contributed by atoms with E-state index in [2.05, 4.69) is 15.6 Å². The molecule has 0 aliphatic carbocycles. The highest BCUT2D eigenvalue weighted by Gasteiger charge is 2.09. The molecule has 2 amide bonds. The third-order valence-electron chi connectivity index (χ3n) is 3.78. The van der Waals surface area contributed by atoms with Crippen LogP contribution in [0.3, 0.4) is 0 Å². The lowest BCUT2D eigenvalue weighted by molar-refractivity contribution is -0.116. The molecule has 0 atom stereocenters. The summed E-state index contributed by atoms with van der Waals surface area (Å²) >= 11 is 0. The number of benzene rings is 2.